The molecule has 0 saturated carbocycles. The van der Waals surface area contributed by atoms with Gasteiger partial charge in [0.25, 0.3) is 0 Å². The molecule has 0 spiro atoms. The van der Waals surface area contributed by atoms with Crippen LogP contribution in [-0.2, 0) is 0 Å². The van der Waals surface area contributed by atoms with Gasteiger partial charge in [-0.3, -0.25) is 0 Å². The van der Waals surface area contributed by atoms with Crippen molar-refractivity contribution in [2.24, 2.45) is 5.92 Å². The van der Waals surface area contributed by atoms with Crippen LogP contribution in [0.4, 0.5) is 0 Å². The van der Waals surface area contributed by atoms with Gasteiger partial charge >= 0.3 is 0 Å². The van der Waals surface area contributed by atoms with Crippen LogP contribution in [0.15, 0.2) is 0 Å². The maximum absolute atomic E-state index is 3.81. The molecular formula is C15H33N. The molecule has 0 rings (SSSR count). The zero-order valence-corrected chi connectivity index (χ0v) is 12.2. The van der Waals surface area contributed by atoms with E-state index < -0.39 is 0 Å². The van der Waals surface area contributed by atoms with Crippen LogP contribution in [-0.4, -0.2) is 12.1 Å². The lowest BCUT2D eigenvalue weighted by Crippen LogP contribution is -2.36. The molecule has 0 aromatic heterocycles. The van der Waals surface area contributed by atoms with E-state index in [2.05, 4.69) is 39.9 Å². The summed E-state index contributed by atoms with van der Waals surface area (Å²) in [6.07, 6.45) is 9.36. The Bertz CT molecular complexity index is 142. The maximum Gasteiger partial charge on any atom is 0.00694 e. The van der Waals surface area contributed by atoms with Crippen LogP contribution >= 0.6 is 0 Å². The lowest BCUT2D eigenvalue weighted by Gasteiger charge is -2.23. The highest BCUT2D eigenvalue weighted by Crippen LogP contribution is 2.11. The Morgan fingerprint density at radius 2 is 1.50 bits per heavy atom. The molecule has 1 heteroatoms. The average Bonchev–Trinajstić information content (AvgIpc) is 2.23. The van der Waals surface area contributed by atoms with Crippen molar-refractivity contribution in [1.82, 2.24) is 5.32 Å². The summed E-state index contributed by atoms with van der Waals surface area (Å²) < 4.78 is 0. The van der Waals surface area contributed by atoms with Crippen molar-refractivity contribution in [3.63, 3.8) is 0 Å². The second-order valence-corrected chi connectivity index (χ2v) is 5.67. The predicted molar refractivity (Wildman–Crippen MR) is 74.9 cm³/mol. The van der Waals surface area contributed by atoms with E-state index in [0.29, 0.717) is 6.04 Å². The van der Waals surface area contributed by atoms with Crippen molar-refractivity contribution >= 4 is 0 Å². The Labute approximate surface area is 103 Å². The minimum atomic E-state index is 0.691. The third-order valence-corrected chi connectivity index (χ3v) is 3.24. The fourth-order valence-corrected chi connectivity index (χ4v) is 2.18. The van der Waals surface area contributed by atoms with Crippen molar-refractivity contribution in [3.05, 3.63) is 0 Å². The molecule has 16 heavy (non-hydrogen) atoms. The van der Waals surface area contributed by atoms with Crippen LogP contribution in [0.25, 0.3) is 0 Å². The van der Waals surface area contributed by atoms with Crippen molar-refractivity contribution in [2.45, 2.75) is 91.6 Å². The van der Waals surface area contributed by atoms with Crippen LogP contribution in [0.5, 0.6) is 0 Å². The van der Waals surface area contributed by atoms with E-state index in [9.17, 15) is 0 Å². The summed E-state index contributed by atoms with van der Waals surface area (Å²) in [5.74, 6) is 0.838. The molecule has 98 valence electrons. The molecule has 0 saturated heterocycles. The Morgan fingerprint density at radius 1 is 0.812 bits per heavy atom. The highest BCUT2D eigenvalue weighted by Gasteiger charge is 2.11. The van der Waals surface area contributed by atoms with Crippen molar-refractivity contribution in [2.75, 3.05) is 0 Å². The lowest BCUT2D eigenvalue weighted by molar-refractivity contribution is 0.363. The lowest BCUT2D eigenvalue weighted by atomic mass is 10.0. The highest BCUT2D eigenvalue weighted by molar-refractivity contribution is 4.71. The molecule has 0 aromatic rings. The first-order chi connectivity index (χ1) is 7.60. The fraction of sp³-hybridized carbons (Fsp3) is 1.00. The van der Waals surface area contributed by atoms with E-state index in [1.54, 1.807) is 0 Å². The van der Waals surface area contributed by atoms with E-state index in [4.69, 9.17) is 0 Å². The highest BCUT2D eigenvalue weighted by atomic mass is 14.9. The van der Waals surface area contributed by atoms with Crippen molar-refractivity contribution < 1.29 is 0 Å². The Balaban J connectivity index is 3.77. The van der Waals surface area contributed by atoms with Gasteiger partial charge in [-0.05, 0) is 38.5 Å². The summed E-state index contributed by atoms with van der Waals surface area (Å²) in [5, 5.41) is 3.81. The first-order valence-corrected chi connectivity index (χ1v) is 7.36. The van der Waals surface area contributed by atoms with Gasteiger partial charge in [-0.25, -0.2) is 0 Å². The summed E-state index contributed by atoms with van der Waals surface area (Å²) in [5.41, 5.74) is 0. The van der Waals surface area contributed by atoms with Gasteiger partial charge in [0.05, 0.1) is 0 Å². The summed E-state index contributed by atoms with van der Waals surface area (Å²) >= 11 is 0. The van der Waals surface area contributed by atoms with Crippen LogP contribution < -0.4 is 5.32 Å². The second-order valence-electron chi connectivity index (χ2n) is 5.67. The molecule has 0 amide bonds. The molecule has 0 fully saturated rings. The molecule has 1 N–H and O–H groups in total. The standard InChI is InChI=1S/C15H33N/c1-6-8-10-15(9-7-2)16-14(5)12-11-13(3)4/h13-16H,6-12H2,1-5H3. The molecule has 1 nitrogen and oxygen atoms in total. The Hall–Kier alpha value is -0.0400. The molecule has 2 unspecified atom stereocenters. The summed E-state index contributed by atoms with van der Waals surface area (Å²) in [4.78, 5) is 0. The fourth-order valence-electron chi connectivity index (χ4n) is 2.18. The summed E-state index contributed by atoms with van der Waals surface area (Å²) in [6.45, 7) is 11.5. The Kier molecular flexibility index (Phi) is 10.1. The van der Waals surface area contributed by atoms with E-state index in [1.165, 1.54) is 44.9 Å². The smallest absolute Gasteiger partial charge is 0.00694 e. The second kappa shape index (κ2) is 10.1. The first kappa shape index (κ1) is 16.0. The molecule has 0 aliphatic heterocycles. The molecule has 0 aromatic carbocycles. The van der Waals surface area contributed by atoms with E-state index in [0.717, 1.165) is 12.0 Å². The number of unbranched alkanes of at least 4 members (excludes halogenated alkanes) is 1. The molecule has 0 bridgehead atoms. The first-order valence-electron chi connectivity index (χ1n) is 7.36. The van der Waals surface area contributed by atoms with Gasteiger partial charge in [-0.15, -0.1) is 0 Å². The normalized spacial score (nSPS) is 15.4. The SMILES string of the molecule is CCCCC(CCC)NC(C)CCC(C)C. The molecule has 0 aliphatic carbocycles. The van der Waals surface area contributed by atoms with Crippen LogP contribution in [0.3, 0.4) is 0 Å². The largest absolute Gasteiger partial charge is 0.312 e. The van der Waals surface area contributed by atoms with E-state index in [1.807, 2.05) is 0 Å². The van der Waals surface area contributed by atoms with Crippen LogP contribution in [0, 0.1) is 5.92 Å². The number of hydrogen-bond acceptors (Lipinski definition) is 1. The van der Waals surface area contributed by atoms with Gasteiger partial charge in [-0.1, -0.05) is 47.0 Å². The molecule has 0 heterocycles. The van der Waals surface area contributed by atoms with E-state index in [-0.39, 0.29) is 0 Å². The average molecular weight is 227 g/mol. The van der Waals surface area contributed by atoms with Crippen LogP contribution in [0.2, 0.25) is 0 Å². The van der Waals surface area contributed by atoms with Crippen molar-refractivity contribution in [1.29, 1.82) is 0 Å². The third-order valence-electron chi connectivity index (χ3n) is 3.24. The van der Waals surface area contributed by atoms with Gasteiger partial charge in [0, 0.05) is 12.1 Å². The molecule has 0 radical (unpaired) electrons. The summed E-state index contributed by atoms with van der Waals surface area (Å²) in [7, 11) is 0. The minimum Gasteiger partial charge on any atom is -0.312 e. The van der Waals surface area contributed by atoms with Gasteiger partial charge in [-0.2, -0.15) is 0 Å². The predicted octanol–water partition coefficient (Wildman–Crippen LogP) is 4.76. The van der Waals surface area contributed by atoms with Crippen LogP contribution in [0.1, 0.15) is 79.6 Å². The number of nitrogens with one attached hydrogen (secondary N) is 1. The van der Waals surface area contributed by atoms with Gasteiger partial charge in [0.15, 0.2) is 0 Å². The molecule has 0 aliphatic rings. The van der Waals surface area contributed by atoms with Gasteiger partial charge in [0.2, 0.25) is 0 Å². The number of rotatable bonds is 10. The maximum atomic E-state index is 3.81. The minimum absolute atomic E-state index is 0.691. The molecule has 2 atom stereocenters. The number of hydrogen-bond donors (Lipinski definition) is 1. The zero-order valence-electron chi connectivity index (χ0n) is 12.2. The molecular weight excluding hydrogens is 194 g/mol. The van der Waals surface area contributed by atoms with Gasteiger partial charge < -0.3 is 5.32 Å². The van der Waals surface area contributed by atoms with Gasteiger partial charge in [0.1, 0.15) is 0 Å². The van der Waals surface area contributed by atoms with E-state index >= 15 is 0 Å². The summed E-state index contributed by atoms with van der Waals surface area (Å²) in [6, 6.07) is 1.45. The monoisotopic (exact) mass is 227 g/mol. The third kappa shape index (κ3) is 9.21. The topological polar surface area (TPSA) is 12.0 Å². The quantitative estimate of drug-likeness (QED) is 0.567. The van der Waals surface area contributed by atoms with Crippen molar-refractivity contribution in [3.8, 4) is 0 Å². The zero-order chi connectivity index (χ0) is 12.4. The Morgan fingerprint density at radius 3 is 2.00 bits per heavy atom.